The standard InChI is InChI=1S/C16H22N2O3/c1-13(19)14-4-2-5-15(12-14)21-11-3-6-16(20)18-9-7-17-8-10-18/h2,4-5,12,17H,3,6-11H2,1H3. The predicted octanol–water partition coefficient (Wildman–Crippen LogP) is 1.48. The maximum atomic E-state index is 12.0. The van der Waals surface area contributed by atoms with Crippen LogP contribution >= 0.6 is 0 Å². The van der Waals surface area contributed by atoms with Gasteiger partial charge < -0.3 is 15.0 Å². The molecule has 1 aromatic carbocycles. The molecule has 1 amide bonds. The average Bonchev–Trinajstić information content (AvgIpc) is 2.52. The van der Waals surface area contributed by atoms with Gasteiger partial charge in [-0.05, 0) is 25.5 Å². The van der Waals surface area contributed by atoms with Gasteiger partial charge in [0.05, 0.1) is 6.61 Å². The van der Waals surface area contributed by atoms with E-state index in [2.05, 4.69) is 5.32 Å². The first-order valence-corrected chi connectivity index (χ1v) is 7.39. The number of piperazine rings is 1. The normalized spacial score (nSPS) is 14.8. The highest BCUT2D eigenvalue weighted by molar-refractivity contribution is 5.94. The van der Waals surface area contributed by atoms with E-state index in [1.165, 1.54) is 6.92 Å². The molecule has 1 aromatic rings. The predicted molar refractivity (Wildman–Crippen MR) is 80.6 cm³/mol. The van der Waals surface area contributed by atoms with Crippen LogP contribution in [-0.2, 0) is 4.79 Å². The quantitative estimate of drug-likeness (QED) is 0.637. The molecule has 21 heavy (non-hydrogen) atoms. The first-order chi connectivity index (χ1) is 10.2. The lowest BCUT2D eigenvalue weighted by Gasteiger charge is -2.27. The Balaban J connectivity index is 1.70. The molecule has 0 spiro atoms. The van der Waals surface area contributed by atoms with Crippen LogP contribution in [0.2, 0.25) is 0 Å². The van der Waals surface area contributed by atoms with E-state index in [4.69, 9.17) is 4.74 Å². The summed E-state index contributed by atoms with van der Waals surface area (Å²) in [7, 11) is 0. The molecule has 0 aromatic heterocycles. The summed E-state index contributed by atoms with van der Waals surface area (Å²) in [6.07, 6.45) is 1.19. The van der Waals surface area contributed by atoms with Crippen LogP contribution in [0.3, 0.4) is 0 Å². The van der Waals surface area contributed by atoms with Crippen LogP contribution in [0, 0.1) is 0 Å². The van der Waals surface area contributed by atoms with Crippen molar-refractivity contribution >= 4 is 11.7 Å². The lowest BCUT2D eigenvalue weighted by molar-refractivity contribution is -0.132. The van der Waals surface area contributed by atoms with Crippen LogP contribution in [0.15, 0.2) is 24.3 Å². The summed E-state index contributed by atoms with van der Waals surface area (Å²) >= 11 is 0. The van der Waals surface area contributed by atoms with Crippen molar-refractivity contribution in [3.63, 3.8) is 0 Å². The third kappa shape index (κ3) is 4.86. The Bertz CT molecular complexity index is 496. The van der Waals surface area contributed by atoms with Gasteiger partial charge in [-0.2, -0.15) is 0 Å². The van der Waals surface area contributed by atoms with Crippen molar-refractivity contribution in [2.45, 2.75) is 19.8 Å². The number of amides is 1. The molecule has 0 atom stereocenters. The number of nitrogens with zero attached hydrogens (tertiary/aromatic N) is 1. The van der Waals surface area contributed by atoms with Crippen molar-refractivity contribution in [3.8, 4) is 5.75 Å². The minimum atomic E-state index is 0.0225. The van der Waals surface area contributed by atoms with Gasteiger partial charge in [-0.1, -0.05) is 12.1 Å². The number of Topliss-reactive ketones (excluding diaryl/α,β-unsaturated/α-hetero) is 1. The second kappa shape index (κ2) is 7.78. The summed E-state index contributed by atoms with van der Waals surface area (Å²) in [6.45, 7) is 5.35. The van der Waals surface area contributed by atoms with Crippen molar-refractivity contribution in [1.29, 1.82) is 0 Å². The average molecular weight is 290 g/mol. The molecule has 0 aliphatic carbocycles. The number of hydrogen-bond donors (Lipinski definition) is 1. The SMILES string of the molecule is CC(=O)c1cccc(OCCCC(=O)N2CCNCC2)c1. The monoisotopic (exact) mass is 290 g/mol. The van der Waals surface area contributed by atoms with E-state index in [1.54, 1.807) is 18.2 Å². The third-order valence-electron chi connectivity index (χ3n) is 3.51. The number of benzene rings is 1. The molecule has 1 N–H and O–H groups in total. The van der Waals surface area contributed by atoms with Crippen molar-refractivity contribution in [2.75, 3.05) is 32.8 Å². The molecule has 1 heterocycles. The molecular formula is C16H22N2O3. The molecule has 0 unspecified atom stereocenters. The Labute approximate surface area is 125 Å². The van der Waals surface area contributed by atoms with Crippen LogP contribution in [0.5, 0.6) is 5.75 Å². The molecule has 0 bridgehead atoms. The fourth-order valence-corrected chi connectivity index (χ4v) is 2.29. The second-order valence-electron chi connectivity index (χ2n) is 5.17. The van der Waals surface area contributed by atoms with E-state index in [-0.39, 0.29) is 11.7 Å². The maximum absolute atomic E-state index is 12.0. The Morgan fingerprint density at radius 2 is 2.05 bits per heavy atom. The summed E-state index contributed by atoms with van der Waals surface area (Å²) < 4.78 is 5.60. The first-order valence-electron chi connectivity index (χ1n) is 7.39. The van der Waals surface area contributed by atoms with Gasteiger partial charge in [0.2, 0.25) is 5.91 Å². The van der Waals surface area contributed by atoms with E-state index < -0.39 is 0 Å². The zero-order chi connectivity index (χ0) is 15.1. The van der Waals surface area contributed by atoms with Crippen molar-refractivity contribution < 1.29 is 14.3 Å². The summed E-state index contributed by atoms with van der Waals surface area (Å²) in [5, 5.41) is 3.23. The molecule has 0 saturated carbocycles. The van der Waals surface area contributed by atoms with Crippen molar-refractivity contribution in [3.05, 3.63) is 29.8 Å². The summed E-state index contributed by atoms with van der Waals surface area (Å²) in [5.41, 5.74) is 0.643. The number of rotatable bonds is 6. The number of nitrogens with one attached hydrogen (secondary N) is 1. The number of carbonyl (C=O) groups is 2. The fraction of sp³-hybridized carbons (Fsp3) is 0.500. The van der Waals surface area contributed by atoms with Gasteiger partial charge in [0, 0.05) is 38.2 Å². The second-order valence-corrected chi connectivity index (χ2v) is 5.17. The third-order valence-corrected chi connectivity index (χ3v) is 3.51. The Hall–Kier alpha value is -1.88. The largest absolute Gasteiger partial charge is 0.494 e. The fourth-order valence-electron chi connectivity index (χ4n) is 2.29. The molecule has 5 nitrogen and oxygen atoms in total. The molecule has 5 heteroatoms. The summed E-state index contributed by atoms with van der Waals surface area (Å²) in [5.74, 6) is 0.893. The van der Waals surface area contributed by atoms with Gasteiger partial charge in [-0.25, -0.2) is 0 Å². The number of ketones is 1. The number of ether oxygens (including phenoxy) is 1. The zero-order valence-electron chi connectivity index (χ0n) is 12.4. The highest BCUT2D eigenvalue weighted by Gasteiger charge is 2.15. The molecular weight excluding hydrogens is 268 g/mol. The van der Waals surface area contributed by atoms with Crippen molar-refractivity contribution in [2.24, 2.45) is 0 Å². The molecule has 2 rings (SSSR count). The van der Waals surface area contributed by atoms with Gasteiger partial charge in [0.1, 0.15) is 5.75 Å². The Morgan fingerprint density at radius 3 is 2.76 bits per heavy atom. The van der Waals surface area contributed by atoms with E-state index in [9.17, 15) is 9.59 Å². The van der Waals surface area contributed by atoms with E-state index >= 15 is 0 Å². The lowest BCUT2D eigenvalue weighted by Crippen LogP contribution is -2.46. The van der Waals surface area contributed by atoms with Crippen LogP contribution in [-0.4, -0.2) is 49.4 Å². The first kappa shape index (κ1) is 15.5. The van der Waals surface area contributed by atoms with Gasteiger partial charge in [-0.15, -0.1) is 0 Å². The van der Waals surface area contributed by atoms with Gasteiger partial charge in [-0.3, -0.25) is 9.59 Å². The van der Waals surface area contributed by atoms with Gasteiger partial charge >= 0.3 is 0 Å². The molecule has 1 saturated heterocycles. The number of carbonyl (C=O) groups excluding carboxylic acids is 2. The summed E-state index contributed by atoms with van der Waals surface area (Å²) in [4.78, 5) is 25.1. The van der Waals surface area contributed by atoms with E-state index in [0.717, 1.165) is 26.2 Å². The van der Waals surface area contributed by atoms with Gasteiger partial charge in [0.15, 0.2) is 5.78 Å². The Kier molecular flexibility index (Phi) is 5.75. The summed E-state index contributed by atoms with van der Waals surface area (Å²) in [6, 6.07) is 7.13. The van der Waals surface area contributed by atoms with Crippen LogP contribution in [0.1, 0.15) is 30.1 Å². The van der Waals surface area contributed by atoms with E-state index in [1.807, 2.05) is 11.0 Å². The minimum absolute atomic E-state index is 0.0225. The Morgan fingerprint density at radius 1 is 1.29 bits per heavy atom. The van der Waals surface area contributed by atoms with Crippen LogP contribution in [0.4, 0.5) is 0 Å². The molecule has 1 aliphatic rings. The van der Waals surface area contributed by atoms with E-state index in [0.29, 0.717) is 30.8 Å². The smallest absolute Gasteiger partial charge is 0.222 e. The molecule has 0 radical (unpaired) electrons. The maximum Gasteiger partial charge on any atom is 0.222 e. The van der Waals surface area contributed by atoms with Crippen molar-refractivity contribution in [1.82, 2.24) is 10.2 Å². The van der Waals surface area contributed by atoms with Gasteiger partial charge in [0.25, 0.3) is 0 Å². The zero-order valence-corrected chi connectivity index (χ0v) is 12.4. The number of hydrogen-bond acceptors (Lipinski definition) is 4. The lowest BCUT2D eigenvalue weighted by atomic mass is 10.1. The van der Waals surface area contributed by atoms with Crippen LogP contribution in [0.25, 0.3) is 0 Å². The highest BCUT2D eigenvalue weighted by atomic mass is 16.5. The topological polar surface area (TPSA) is 58.6 Å². The highest BCUT2D eigenvalue weighted by Crippen LogP contribution is 2.14. The molecule has 114 valence electrons. The van der Waals surface area contributed by atoms with Crippen LogP contribution < -0.4 is 10.1 Å². The molecule has 1 aliphatic heterocycles. The molecule has 1 fully saturated rings. The minimum Gasteiger partial charge on any atom is -0.494 e.